The Morgan fingerprint density at radius 3 is 1.45 bits per heavy atom. The summed E-state index contributed by atoms with van der Waals surface area (Å²) in [5, 5.41) is 0. The van der Waals surface area contributed by atoms with Crippen LogP contribution in [0.15, 0.2) is 107 Å². The van der Waals surface area contributed by atoms with Crippen LogP contribution in [0.1, 0.15) is 0 Å². The van der Waals surface area contributed by atoms with Crippen molar-refractivity contribution in [1.82, 2.24) is 0 Å². The highest BCUT2D eigenvalue weighted by molar-refractivity contribution is 7.99. The van der Waals surface area contributed by atoms with Gasteiger partial charge >= 0.3 is 0 Å². The summed E-state index contributed by atoms with van der Waals surface area (Å²) in [6, 6.07) is 33.1. The first-order valence-electron chi connectivity index (χ1n) is 9.44. The van der Waals surface area contributed by atoms with Crippen molar-refractivity contribution < 1.29 is 9.47 Å². The van der Waals surface area contributed by atoms with E-state index in [1.807, 2.05) is 42.5 Å². The van der Waals surface area contributed by atoms with E-state index in [0.29, 0.717) is 0 Å². The fourth-order valence-electron chi connectivity index (χ4n) is 3.41. The molecule has 0 saturated carbocycles. The maximum Gasteiger partial charge on any atom is 0.126 e. The maximum atomic E-state index is 5.66. The van der Waals surface area contributed by atoms with Crippen molar-refractivity contribution in [3.63, 3.8) is 0 Å². The molecular weight excluding hydrogens is 376 g/mol. The van der Waals surface area contributed by atoms with Gasteiger partial charge in [-0.1, -0.05) is 84.6 Å². The van der Waals surface area contributed by atoms with E-state index in [1.54, 1.807) is 26.0 Å². The van der Waals surface area contributed by atoms with E-state index in [9.17, 15) is 0 Å². The van der Waals surface area contributed by atoms with Gasteiger partial charge in [-0.3, -0.25) is 0 Å². The molecule has 0 saturated heterocycles. The van der Waals surface area contributed by atoms with Crippen LogP contribution in [0.2, 0.25) is 0 Å². The van der Waals surface area contributed by atoms with Gasteiger partial charge in [0.25, 0.3) is 0 Å². The highest BCUT2D eigenvalue weighted by Gasteiger charge is 2.17. The lowest BCUT2D eigenvalue weighted by Gasteiger charge is -2.18. The Morgan fingerprint density at radius 1 is 0.483 bits per heavy atom. The minimum absolute atomic E-state index is 0.861. The lowest BCUT2D eigenvalue weighted by atomic mass is 9.97. The SMILES string of the molecule is COc1ccccc1-c1cccc(-c2ccccc2OC)c1Sc1ccccc1. The third kappa shape index (κ3) is 4.01. The summed E-state index contributed by atoms with van der Waals surface area (Å²) in [6.45, 7) is 0. The molecule has 3 heteroatoms. The second kappa shape index (κ2) is 8.89. The van der Waals surface area contributed by atoms with Gasteiger partial charge in [0.2, 0.25) is 0 Å². The van der Waals surface area contributed by atoms with Crippen molar-refractivity contribution in [2.45, 2.75) is 9.79 Å². The molecule has 0 fully saturated rings. The lowest BCUT2D eigenvalue weighted by molar-refractivity contribution is 0.416. The average molecular weight is 399 g/mol. The van der Waals surface area contributed by atoms with Gasteiger partial charge < -0.3 is 9.47 Å². The highest BCUT2D eigenvalue weighted by atomic mass is 32.2. The molecular formula is C26H22O2S. The number of hydrogen-bond acceptors (Lipinski definition) is 3. The minimum atomic E-state index is 0.861. The predicted molar refractivity (Wildman–Crippen MR) is 121 cm³/mol. The first-order valence-corrected chi connectivity index (χ1v) is 10.3. The van der Waals surface area contributed by atoms with Gasteiger partial charge in [-0.25, -0.2) is 0 Å². The van der Waals surface area contributed by atoms with Crippen LogP contribution >= 0.6 is 11.8 Å². The van der Waals surface area contributed by atoms with Crippen molar-refractivity contribution in [2.75, 3.05) is 14.2 Å². The van der Waals surface area contributed by atoms with Crippen LogP contribution < -0.4 is 9.47 Å². The lowest BCUT2D eigenvalue weighted by Crippen LogP contribution is -1.93. The van der Waals surface area contributed by atoms with Crippen molar-refractivity contribution >= 4 is 11.8 Å². The van der Waals surface area contributed by atoms with Crippen LogP contribution in [0.3, 0.4) is 0 Å². The van der Waals surface area contributed by atoms with Crippen LogP contribution in [0.4, 0.5) is 0 Å². The molecule has 0 aliphatic rings. The van der Waals surface area contributed by atoms with Crippen molar-refractivity contribution in [2.24, 2.45) is 0 Å². The van der Waals surface area contributed by atoms with E-state index < -0.39 is 0 Å². The summed E-state index contributed by atoms with van der Waals surface area (Å²) in [5.74, 6) is 1.72. The van der Waals surface area contributed by atoms with Crippen molar-refractivity contribution in [3.8, 4) is 33.8 Å². The summed E-state index contributed by atoms with van der Waals surface area (Å²) in [7, 11) is 3.43. The molecule has 4 rings (SSSR count). The zero-order valence-corrected chi connectivity index (χ0v) is 17.3. The second-order valence-corrected chi connectivity index (χ2v) is 7.58. The molecule has 0 amide bonds. The van der Waals surface area contributed by atoms with Gasteiger partial charge in [0.05, 0.1) is 14.2 Å². The third-order valence-corrected chi connectivity index (χ3v) is 5.92. The molecule has 0 bridgehead atoms. The summed E-state index contributed by atoms with van der Waals surface area (Å²) in [4.78, 5) is 2.36. The Morgan fingerprint density at radius 2 is 0.931 bits per heavy atom. The maximum absolute atomic E-state index is 5.66. The van der Waals surface area contributed by atoms with E-state index in [0.717, 1.165) is 33.8 Å². The second-order valence-electron chi connectivity index (χ2n) is 6.50. The quantitative estimate of drug-likeness (QED) is 0.342. The molecule has 29 heavy (non-hydrogen) atoms. The fourth-order valence-corrected chi connectivity index (χ4v) is 4.52. The number of ether oxygens (including phenoxy) is 2. The van der Waals surface area contributed by atoms with Crippen molar-refractivity contribution in [1.29, 1.82) is 0 Å². The first-order chi connectivity index (χ1) is 14.3. The normalized spacial score (nSPS) is 10.6. The third-order valence-electron chi connectivity index (χ3n) is 4.77. The number of hydrogen-bond donors (Lipinski definition) is 0. The van der Waals surface area contributed by atoms with Crippen LogP contribution in [-0.4, -0.2) is 14.2 Å². The molecule has 0 N–H and O–H groups in total. The number of methoxy groups -OCH3 is 2. The summed E-state index contributed by atoms with van der Waals surface area (Å²) in [5.41, 5.74) is 4.43. The number of benzene rings is 4. The van der Waals surface area contributed by atoms with Gasteiger partial charge in [-0.05, 0) is 35.4 Å². The Labute approximate surface area is 176 Å². The molecule has 4 aromatic carbocycles. The Balaban J connectivity index is 1.97. The highest BCUT2D eigenvalue weighted by Crippen LogP contribution is 2.46. The molecule has 4 aromatic rings. The Kier molecular flexibility index (Phi) is 5.87. The molecule has 0 atom stereocenters. The van der Waals surface area contributed by atoms with E-state index in [-0.39, 0.29) is 0 Å². The monoisotopic (exact) mass is 398 g/mol. The van der Waals surface area contributed by atoms with Crippen LogP contribution in [0.25, 0.3) is 22.3 Å². The van der Waals surface area contributed by atoms with Crippen LogP contribution in [0.5, 0.6) is 11.5 Å². The molecule has 0 aromatic heterocycles. The smallest absolute Gasteiger partial charge is 0.126 e. The molecule has 0 radical (unpaired) electrons. The predicted octanol–water partition coefficient (Wildman–Crippen LogP) is 7.19. The molecule has 0 heterocycles. The topological polar surface area (TPSA) is 18.5 Å². The van der Waals surface area contributed by atoms with Gasteiger partial charge in [0.15, 0.2) is 0 Å². The Bertz CT molecular complexity index is 1040. The van der Waals surface area contributed by atoms with Crippen molar-refractivity contribution in [3.05, 3.63) is 97.1 Å². The molecule has 0 aliphatic heterocycles. The zero-order valence-electron chi connectivity index (χ0n) is 16.5. The van der Waals surface area contributed by atoms with Crippen LogP contribution in [-0.2, 0) is 0 Å². The standard InChI is InChI=1S/C26H22O2S/c1-27-24-17-8-6-13-20(24)22-15-10-16-23(21-14-7-9-18-25(21)28-2)26(22)29-19-11-4-3-5-12-19/h3-18H,1-2H3. The van der Waals surface area contributed by atoms with E-state index in [2.05, 4.69) is 54.6 Å². The van der Waals surface area contributed by atoms with E-state index in [4.69, 9.17) is 9.47 Å². The average Bonchev–Trinajstić information content (AvgIpc) is 2.80. The fraction of sp³-hybridized carbons (Fsp3) is 0.0769. The molecule has 144 valence electrons. The van der Waals surface area contributed by atoms with Gasteiger partial charge in [-0.15, -0.1) is 0 Å². The van der Waals surface area contributed by atoms with E-state index >= 15 is 0 Å². The minimum Gasteiger partial charge on any atom is -0.496 e. The first kappa shape index (κ1) is 19.2. The number of para-hydroxylation sites is 2. The summed E-state index contributed by atoms with van der Waals surface area (Å²) in [6.07, 6.45) is 0. The zero-order chi connectivity index (χ0) is 20.1. The molecule has 0 spiro atoms. The number of rotatable bonds is 6. The molecule has 2 nitrogen and oxygen atoms in total. The Hall–Kier alpha value is -3.17. The molecule has 0 unspecified atom stereocenters. The van der Waals surface area contributed by atoms with Gasteiger partial charge in [0, 0.05) is 20.9 Å². The van der Waals surface area contributed by atoms with Gasteiger partial charge in [-0.2, -0.15) is 0 Å². The largest absolute Gasteiger partial charge is 0.496 e. The van der Waals surface area contributed by atoms with E-state index in [1.165, 1.54) is 9.79 Å². The van der Waals surface area contributed by atoms with Crippen LogP contribution in [0, 0.1) is 0 Å². The molecule has 0 aliphatic carbocycles. The summed E-state index contributed by atoms with van der Waals surface area (Å²) < 4.78 is 11.3. The van der Waals surface area contributed by atoms with Gasteiger partial charge in [0.1, 0.15) is 11.5 Å². The summed E-state index contributed by atoms with van der Waals surface area (Å²) >= 11 is 1.76.